The minimum Gasteiger partial charge on any atom is -0.383 e. The lowest BCUT2D eigenvalue weighted by molar-refractivity contribution is -0.118. The molecule has 0 atom stereocenters. The maximum absolute atomic E-state index is 11.6. The van der Waals surface area contributed by atoms with Gasteiger partial charge in [-0.2, -0.15) is 0 Å². The Hall–Kier alpha value is -1.64. The minimum atomic E-state index is -0.0358. The molecule has 2 rings (SSSR count). The summed E-state index contributed by atoms with van der Waals surface area (Å²) in [5.41, 5.74) is 3.44. The van der Waals surface area contributed by atoms with Crippen molar-refractivity contribution >= 4 is 39.8 Å². The number of ether oxygens (including phenoxy) is 1. The molecule has 0 saturated heterocycles. The second-order valence-electron chi connectivity index (χ2n) is 4.88. The summed E-state index contributed by atoms with van der Waals surface area (Å²) in [6.07, 6.45) is 0. The highest BCUT2D eigenvalue weighted by atomic mass is 32.2. The number of benzene rings is 1. The van der Waals surface area contributed by atoms with E-state index in [0.29, 0.717) is 18.9 Å². The van der Waals surface area contributed by atoms with Crippen LogP contribution >= 0.6 is 23.1 Å². The summed E-state index contributed by atoms with van der Waals surface area (Å²) < 4.78 is 5.65. The van der Waals surface area contributed by atoms with Crippen LogP contribution in [0.5, 0.6) is 0 Å². The normalized spacial score (nSPS) is 10.6. The van der Waals surface area contributed by atoms with E-state index in [-0.39, 0.29) is 5.91 Å². The lowest BCUT2D eigenvalue weighted by Crippen LogP contribution is -2.28. The first-order chi connectivity index (χ1) is 11.1. The highest BCUT2D eigenvalue weighted by Gasteiger charge is 2.09. The van der Waals surface area contributed by atoms with Crippen LogP contribution in [0.3, 0.4) is 0 Å². The van der Waals surface area contributed by atoms with Crippen molar-refractivity contribution in [1.82, 2.24) is 15.5 Å². The van der Waals surface area contributed by atoms with Gasteiger partial charge >= 0.3 is 0 Å². The van der Waals surface area contributed by atoms with E-state index in [0.717, 1.165) is 15.2 Å². The lowest BCUT2D eigenvalue weighted by Gasteiger charge is -2.08. The van der Waals surface area contributed by atoms with Gasteiger partial charge in [-0.25, -0.2) is 0 Å². The fraction of sp³-hybridized carbons (Fsp3) is 0.400. The van der Waals surface area contributed by atoms with Crippen LogP contribution in [0.15, 0.2) is 22.5 Å². The van der Waals surface area contributed by atoms with E-state index >= 15 is 0 Å². The first kappa shape index (κ1) is 17.7. The molecule has 0 aliphatic rings. The molecule has 0 unspecified atom stereocenters. The average molecular weight is 352 g/mol. The number of anilines is 2. The zero-order valence-electron chi connectivity index (χ0n) is 13.4. The Morgan fingerprint density at radius 2 is 2.17 bits per heavy atom. The van der Waals surface area contributed by atoms with Crippen molar-refractivity contribution in [3.8, 4) is 0 Å². The Morgan fingerprint density at radius 3 is 2.96 bits per heavy atom. The van der Waals surface area contributed by atoms with E-state index in [9.17, 15) is 4.79 Å². The van der Waals surface area contributed by atoms with Crippen LogP contribution in [0.1, 0.15) is 11.1 Å². The van der Waals surface area contributed by atoms with E-state index < -0.39 is 0 Å². The summed E-state index contributed by atoms with van der Waals surface area (Å²) in [6.45, 7) is 5.17. The maximum Gasteiger partial charge on any atom is 0.230 e. The average Bonchev–Trinajstić information content (AvgIpc) is 2.98. The predicted molar refractivity (Wildman–Crippen MR) is 94.7 cm³/mol. The summed E-state index contributed by atoms with van der Waals surface area (Å²) in [5.74, 6) is 0.285. The second-order valence-corrected chi connectivity index (χ2v) is 7.08. The van der Waals surface area contributed by atoms with Crippen LogP contribution in [-0.4, -0.2) is 42.1 Å². The summed E-state index contributed by atoms with van der Waals surface area (Å²) >= 11 is 2.81. The van der Waals surface area contributed by atoms with Gasteiger partial charge in [-0.1, -0.05) is 35.2 Å². The van der Waals surface area contributed by atoms with Crippen LogP contribution in [0.2, 0.25) is 0 Å². The number of rotatable bonds is 8. The van der Waals surface area contributed by atoms with Crippen molar-refractivity contribution in [2.45, 2.75) is 18.2 Å². The van der Waals surface area contributed by atoms with Gasteiger partial charge in [0.25, 0.3) is 0 Å². The molecule has 8 heteroatoms. The molecule has 1 amide bonds. The van der Waals surface area contributed by atoms with Crippen molar-refractivity contribution in [1.29, 1.82) is 0 Å². The topological polar surface area (TPSA) is 76.1 Å². The number of nitrogens with one attached hydrogen (secondary N) is 2. The molecular formula is C15H20N4O2S2. The van der Waals surface area contributed by atoms with Crippen molar-refractivity contribution < 1.29 is 9.53 Å². The molecular weight excluding hydrogens is 332 g/mol. The second kappa shape index (κ2) is 8.85. The quantitative estimate of drug-likeness (QED) is 0.562. The van der Waals surface area contributed by atoms with Gasteiger partial charge in [-0.15, -0.1) is 10.2 Å². The van der Waals surface area contributed by atoms with Crippen molar-refractivity contribution in [3.05, 3.63) is 29.3 Å². The Bertz CT molecular complexity index is 661. The van der Waals surface area contributed by atoms with Gasteiger partial charge < -0.3 is 15.4 Å². The SMILES string of the molecule is COCCNC(=O)CSc1nnc(Nc2cccc(C)c2C)s1. The van der Waals surface area contributed by atoms with Crippen LogP contribution < -0.4 is 10.6 Å². The van der Waals surface area contributed by atoms with Gasteiger partial charge in [0.1, 0.15) is 0 Å². The smallest absolute Gasteiger partial charge is 0.230 e. The number of carbonyl (C=O) groups is 1. The molecule has 2 N–H and O–H groups in total. The molecule has 0 aliphatic carbocycles. The number of aryl methyl sites for hydroxylation is 1. The third-order valence-corrected chi connectivity index (χ3v) is 5.18. The van der Waals surface area contributed by atoms with Gasteiger partial charge in [0.15, 0.2) is 4.34 Å². The number of aromatic nitrogens is 2. The zero-order chi connectivity index (χ0) is 16.7. The number of thioether (sulfide) groups is 1. The molecule has 0 spiro atoms. The molecule has 2 aromatic rings. The van der Waals surface area contributed by atoms with Crippen molar-refractivity contribution in [2.24, 2.45) is 0 Å². The van der Waals surface area contributed by atoms with Crippen LogP contribution in [0, 0.1) is 13.8 Å². The highest BCUT2D eigenvalue weighted by Crippen LogP contribution is 2.29. The maximum atomic E-state index is 11.6. The van der Waals surface area contributed by atoms with E-state index in [1.165, 1.54) is 34.2 Å². The fourth-order valence-corrected chi connectivity index (χ4v) is 3.39. The van der Waals surface area contributed by atoms with E-state index in [1.807, 2.05) is 12.1 Å². The molecule has 23 heavy (non-hydrogen) atoms. The summed E-state index contributed by atoms with van der Waals surface area (Å²) in [5, 5.41) is 15.0. The van der Waals surface area contributed by atoms with Gasteiger partial charge in [0.2, 0.25) is 11.0 Å². The number of carbonyl (C=O) groups excluding carboxylic acids is 1. The Kier molecular flexibility index (Phi) is 6.82. The minimum absolute atomic E-state index is 0.0358. The van der Waals surface area contributed by atoms with Gasteiger partial charge in [0, 0.05) is 19.3 Å². The molecule has 1 heterocycles. The van der Waals surface area contributed by atoms with E-state index in [1.54, 1.807) is 7.11 Å². The van der Waals surface area contributed by atoms with E-state index in [4.69, 9.17) is 4.74 Å². The molecule has 0 radical (unpaired) electrons. The zero-order valence-corrected chi connectivity index (χ0v) is 15.0. The molecule has 124 valence electrons. The molecule has 1 aromatic heterocycles. The van der Waals surface area contributed by atoms with Gasteiger partial charge in [-0.3, -0.25) is 4.79 Å². The number of hydrogen-bond donors (Lipinski definition) is 2. The number of methoxy groups -OCH3 is 1. The van der Waals surface area contributed by atoms with Crippen LogP contribution in [0.25, 0.3) is 0 Å². The third-order valence-electron chi connectivity index (χ3n) is 3.21. The molecule has 0 bridgehead atoms. The van der Waals surface area contributed by atoms with Gasteiger partial charge in [0.05, 0.1) is 12.4 Å². The third kappa shape index (κ3) is 5.49. The molecule has 0 aliphatic heterocycles. The molecule has 0 saturated carbocycles. The standard InChI is InChI=1S/C15H20N4O2S2/c1-10-5-4-6-12(11(10)2)17-14-18-19-15(23-14)22-9-13(20)16-7-8-21-3/h4-6H,7-9H2,1-3H3,(H,16,20)(H,17,18). The molecule has 6 nitrogen and oxygen atoms in total. The van der Waals surface area contributed by atoms with Gasteiger partial charge in [-0.05, 0) is 31.0 Å². The number of hydrogen-bond acceptors (Lipinski definition) is 7. The molecule has 0 fully saturated rings. The van der Waals surface area contributed by atoms with Crippen LogP contribution in [0.4, 0.5) is 10.8 Å². The number of nitrogens with zero attached hydrogens (tertiary/aromatic N) is 2. The van der Waals surface area contributed by atoms with Crippen molar-refractivity contribution in [2.75, 3.05) is 31.3 Å². The predicted octanol–water partition coefficient (Wildman–Crippen LogP) is 2.75. The van der Waals surface area contributed by atoms with E-state index in [2.05, 4.69) is 40.7 Å². The number of amides is 1. The first-order valence-corrected chi connectivity index (χ1v) is 8.95. The first-order valence-electron chi connectivity index (χ1n) is 7.15. The summed E-state index contributed by atoms with van der Waals surface area (Å²) in [6, 6.07) is 6.09. The monoisotopic (exact) mass is 352 g/mol. The highest BCUT2D eigenvalue weighted by molar-refractivity contribution is 8.01. The van der Waals surface area contributed by atoms with Crippen LogP contribution in [-0.2, 0) is 9.53 Å². The largest absolute Gasteiger partial charge is 0.383 e. The lowest BCUT2D eigenvalue weighted by atomic mass is 10.1. The molecule has 1 aromatic carbocycles. The van der Waals surface area contributed by atoms with Crippen molar-refractivity contribution in [3.63, 3.8) is 0 Å². The Morgan fingerprint density at radius 1 is 1.35 bits per heavy atom. The summed E-state index contributed by atoms with van der Waals surface area (Å²) in [4.78, 5) is 11.6. The fourth-order valence-electron chi connectivity index (χ4n) is 1.79. The Labute approximate surface area is 144 Å². The Balaban J connectivity index is 1.86. The summed E-state index contributed by atoms with van der Waals surface area (Å²) in [7, 11) is 1.60.